The van der Waals surface area contributed by atoms with Gasteiger partial charge < -0.3 is 10.1 Å². The van der Waals surface area contributed by atoms with Crippen molar-refractivity contribution < 1.29 is 4.74 Å². The van der Waals surface area contributed by atoms with Crippen LogP contribution in [-0.2, 0) is 17.7 Å². The van der Waals surface area contributed by atoms with E-state index in [4.69, 9.17) is 4.74 Å². The Hall–Kier alpha value is -0.940. The summed E-state index contributed by atoms with van der Waals surface area (Å²) in [7, 11) is 0. The van der Waals surface area contributed by atoms with E-state index in [1.54, 1.807) is 6.33 Å². The molecule has 0 saturated carbocycles. The van der Waals surface area contributed by atoms with Crippen LogP contribution >= 0.6 is 0 Å². The molecular formula is C15H30N4O. The molecular weight excluding hydrogens is 252 g/mol. The van der Waals surface area contributed by atoms with Crippen LogP contribution < -0.4 is 5.32 Å². The summed E-state index contributed by atoms with van der Waals surface area (Å²) in [6, 6.07) is 0.245. The molecule has 1 aromatic rings. The number of likely N-dealkylation sites (N-methyl/N-ethyl adjacent to an activating group) is 1. The van der Waals surface area contributed by atoms with Crippen molar-refractivity contribution in [2.24, 2.45) is 5.41 Å². The lowest BCUT2D eigenvalue weighted by Crippen LogP contribution is -2.49. The lowest BCUT2D eigenvalue weighted by Gasteiger charge is -2.37. The monoisotopic (exact) mass is 282 g/mol. The maximum atomic E-state index is 6.02. The van der Waals surface area contributed by atoms with Gasteiger partial charge in [-0.05, 0) is 25.8 Å². The number of nitrogens with one attached hydrogen (secondary N) is 1. The van der Waals surface area contributed by atoms with E-state index in [9.17, 15) is 0 Å². The second-order valence-corrected chi connectivity index (χ2v) is 6.10. The largest absolute Gasteiger partial charge is 0.376 e. The summed E-state index contributed by atoms with van der Waals surface area (Å²) < 4.78 is 7.98. The van der Waals surface area contributed by atoms with Crippen LogP contribution in [0.5, 0.6) is 0 Å². The Bertz CT molecular complexity index is 383. The molecule has 0 fully saturated rings. The predicted molar refractivity (Wildman–Crippen MR) is 81.7 cm³/mol. The highest BCUT2D eigenvalue weighted by Crippen LogP contribution is 2.26. The second kappa shape index (κ2) is 7.74. The first-order chi connectivity index (χ1) is 9.43. The molecule has 1 N–H and O–H groups in total. The fraction of sp³-hybridized carbons (Fsp3) is 0.867. The molecule has 2 unspecified atom stereocenters. The summed E-state index contributed by atoms with van der Waals surface area (Å²) in [5.41, 5.74) is 0.0832. The molecule has 0 amide bonds. The van der Waals surface area contributed by atoms with E-state index >= 15 is 0 Å². The Morgan fingerprint density at radius 1 is 1.30 bits per heavy atom. The topological polar surface area (TPSA) is 52.0 Å². The molecule has 0 saturated heterocycles. The van der Waals surface area contributed by atoms with E-state index in [1.807, 2.05) is 4.68 Å². The van der Waals surface area contributed by atoms with Crippen molar-refractivity contribution in [3.8, 4) is 0 Å². The minimum absolute atomic E-state index is 0.0832. The lowest BCUT2D eigenvalue weighted by atomic mass is 9.83. The molecule has 1 aromatic heterocycles. The van der Waals surface area contributed by atoms with Gasteiger partial charge in [0.1, 0.15) is 12.2 Å². The highest BCUT2D eigenvalue weighted by atomic mass is 16.5. The Morgan fingerprint density at radius 3 is 2.50 bits per heavy atom. The third-order valence-electron chi connectivity index (χ3n) is 3.43. The molecule has 20 heavy (non-hydrogen) atoms. The summed E-state index contributed by atoms with van der Waals surface area (Å²) in [5, 5.41) is 7.81. The summed E-state index contributed by atoms with van der Waals surface area (Å²) in [6.07, 6.45) is 2.62. The van der Waals surface area contributed by atoms with Gasteiger partial charge >= 0.3 is 0 Å². The van der Waals surface area contributed by atoms with Gasteiger partial charge in [-0.3, -0.25) is 4.68 Å². The number of nitrogens with zero attached hydrogens (tertiary/aromatic N) is 3. The average Bonchev–Trinajstić information content (AvgIpc) is 2.81. The molecule has 0 aliphatic heterocycles. The van der Waals surface area contributed by atoms with Crippen LogP contribution in [0.15, 0.2) is 6.33 Å². The van der Waals surface area contributed by atoms with Crippen LogP contribution in [0.3, 0.4) is 0 Å². The van der Waals surface area contributed by atoms with Crippen LogP contribution in [0.25, 0.3) is 0 Å². The normalized spacial score (nSPS) is 15.3. The van der Waals surface area contributed by atoms with Gasteiger partial charge in [0.2, 0.25) is 0 Å². The highest BCUT2D eigenvalue weighted by molar-refractivity contribution is 4.96. The van der Waals surface area contributed by atoms with E-state index in [2.05, 4.69) is 56.9 Å². The van der Waals surface area contributed by atoms with Gasteiger partial charge in [0.25, 0.3) is 0 Å². The number of hydrogen-bond acceptors (Lipinski definition) is 4. The number of hydrogen-bond donors (Lipinski definition) is 1. The van der Waals surface area contributed by atoms with Crippen LogP contribution in [0, 0.1) is 5.41 Å². The lowest BCUT2D eigenvalue weighted by molar-refractivity contribution is -0.0357. The summed E-state index contributed by atoms with van der Waals surface area (Å²) in [6.45, 7) is 15.4. The molecule has 0 aliphatic rings. The van der Waals surface area contributed by atoms with Crippen LogP contribution in [0.1, 0.15) is 47.4 Å². The van der Waals surface area contributed by atoms with Crippen molar-refractivity contribution in [1.29, 1.82) is 0 Å². The summed E-state index contributed by atoms with van der Waals surface area (Å²) >= 11 is 0. The maximum Gasteiger partial charge on any atom is 0.138 e. The van der Waals surface area contributed by atoms with Crippen molar-refractivity contribution in [1.82, 2.24) is 20.1 Å². The summed E-state index contributed by atoms with van der Waals surface area (Å²) in [5.74, 6) is 1.02. The van der Waals surface area contributed by atoms with E-state index in [0.29, 0.717) is 0 Å². The standard InChI is InChI=1S/C15H30N4O/c1-7-16-12(14(20-9-3)15(4,5)6)10-13-17-11-18-19(13)8-2/h11-12,14,16H,7-10H2,1-6H3. The van der Waals surface area contributed by atoms with Gasteiger partial charge in [0.15, 0.2) is 0 Å². The molecule has 116 valence electrons. The van der Waals surface area contributed by atoms with Gasteiger partial charge in [-0.2, -0.15) is 5.10 Å². The van der Waals surface area contributed by atoms with E-state index < -0.39 is 0 Å². The van der Waals surface area contributed by atoms with E-state index in [1.165, 1.54) is 0 Å². The fourth-order valence-corrected chi connectivity index (χ4v) is 2.60. The van der Waals surface area contributed by atoms with Crippen LogP contribution in [-0.4, -0.2) is 40.1 Å². The number of aryl methyl sites for hydroxylation is 1. The smallest absolute Gasteiger partial charge is 0.138 e. The van der Waals surface area contributed by atoms with Crippen molar-refractivity contribution in [3.63, 3.8) is 0 Å². The Labute approximate surface area is 123 Å². The fourth-order valence-electron chi connectivity index (χ4n) is 2.60. The van der Waals surface area contributed by atoms with Crippen LogP contribution in [0.4, 0.5) is 0 Å². The van der Waals surface area contributed by atoms with Crippen molar-refractivity contribution in [3.05, 3.63) is 12.2 Å². The van der Waals surface area contributed by atoms with E-state index in [0.717, 1.165) is 31.9 Å². The summed E-state index contributed by atoms with van der Waals surface area (Å²) in [4.78, 5) is 4.39. The molecule has 5 nitrogen and oxygen atoms in total. The zero-order chi connectivity index (χ0) is 15.2. The second-order valence-electron chi connectivity index (χ2n) is 6.10. The van der Waals surface area contributed by atoms with Gasteiger partial charge in [-0.1, -0.05) is 27.7 Å². The maximum absolute atomic E-state index is 6.02. The number of aromatic nitrogens is 3. The Balaban J connectivity index is 2.91. The number of ether oxygens (including phenoxy) is 1. The average molecular weight is 282 g/mol. The molecule has 0 radical (unpaired) electrons. The molecule has 1 rings (SSSR count). The first-order valence-corrected chi connectivity index (χ1v) is 7.65. The minimum atomic E-state index is 0.0832. The number of rotatable bonds is 8. The first-order valence-electron chi connectivity index (χ1n) is 7.65. The minimum Gasteiger partial charge on any atom is -0.376 e. The SMILES string of the molecule is CCNC(Cc1ncnn1CC)C(OCC)C(C)(C)C. The molecule has 0 aliphatic carbocycles. The van der Waals surface area contributed by atoms with Crippen molar-refractivity contribution in [2.45, 2.75) is 66.7 Å². The molecule has 2 atom stereocenters. The zero-order valence-corrected chi connectivity index (χ0v) is 13.8. The molecule has 0 aromatic carbocycles. The van der Waals surface area contributed by atoms with Gasteiger partial charge in [-0.25, -0.2) is 4.98 Å². The van der Waals surface area contributed by atoms with Gasteiger partial charge in [0.05, 0.1) is 6.10 Å². The van der Waals surface area contributed by atoms with Crippen LogP contribution in [0.2, 0.25) is 0 Å². The van der Waals surface area contributed by atoms with Crippen molar-refractivity contribution >= 4 is 0 Å². The third kappa shape index (κ3) is 4.56. The third-order valence-corrected chi connectivity index (χ3v) is 3.43. The van der Waals surface area contributed by atoms with Gasteiger partial charge in [-0.15, -0.1) is 0 Å². The Kier molecular flexibility index (Phi) is 6.62. The highest BCUT2D eigenvalue weighted by Gasteiger charge is 2.33. The molecule has 1 heterocycles. The van der Waals surface area contributed by atoms with Crippen molar-refractivity contribution in [2.75, 3.05) is 13.2 Å². The Morgan fingerprint density at radius 2 is 2.00 bits per heavy atom. The van der Waals surface area contributed by atoms with E-state index in [-0.39, 0.29) is 17.6 Å². The van der Waals surface area contributed by atoms with Gasteiger partial charge in [0, 0.05) is 25.6 Å². The predicted octanol–water partition coefficient (Wildman–Crippen LogP) is 2.27. The zero-order valence-electron chi connectivity index (χ0n) is 13.8. The molecule has 5 heteroatoms. The molecule has 0 bridgehead atoms. The quantitative estimate of drug-likeness (QED) is 0.794. The molecule has 0 spiro atoms. The first kappa shape index (κ1) is 17.1.